The van der Waals surface area contributed by atoms with Gasteiger partial charge in [-0.15, -0.1) is 0 Å². The molecule has 1 fully saturated rings. The lowest BCUT2D eigenvalue weighted by Crippen LogP contribution is -2.46. The summed E-state index contributed by atoms with van der Waals surface area (Å²) < 4.78 is 16.0. The lowest BCUT2D eigenvalue weighted by molar-refractivity contribution is 0.0697. The third-order valence-electron chi connectivity index (χ3n) is 5.87. The maximum absolute atomic E-state index is 13.1. The molecule has 0 atom stereocenters. The van der Waals surface area contributed by atoms with Crippen molar-refractivity contribution in [3.8, 4) is 17.2 Å². The van der Waals surface area contributed by atoms with Crippen molar-refractivity contribution in [2.45, 2.75) is 38.6 Å². The maximum atomic E-state index is 13.1. The number of benzene rings is 2. The van der Waals surface area contributed by atoms with E-state index in [1.807, 2.05) is 24.3 Å². The highest BCUT2D eigenvalue weighted by atomic mass is 16.5. The van der Waals surface area contributed by atoms with Gasteiger partial charge in [-0.1, -0.05) is 26.0 Å². The molecule has 7 heteroatoms. The molecular formula is C25H32N2O5. The lowest BCUT2D eigenvalue weighted by Gasteiger charge is -2.32. The molecule has 0 radical (unpaired) electrons. The van der Waals surface area contributed by atoms with Crippen LogP contribution in [0.3, 0.4) is 0 Å². The van der Waals surface area contributed by atoms with Gasteiger partial charge >= 0.3 is 0 Å². The molecule has 1 heterocycles. The highest BCUT2D eigenvalue weighted by Gasteiger charge is 2.26. The zero-order valence-corrected chi connectivity index (χ0v) is 19.4. The summed E-state index contributed by atoms with van der Waals surface area (Å²) in [5.74, 6) is 1.60. The number of methoxy groups -OCH3 is 3. The summed E-state index contributed by atoms with van der Waals surface area (Å²) in [5.41, 5.74) is 2.35. The van der Waals surface area contributed by atoms with Crippen molar-refractivity contribution in [1.82, 2.24) is 10.2 Å². The Balaban J connectivity index is 1.60. The van der Waals surface area contributed by atoms with E-state index in [1.54, 1.807) is 17.0 Å². The Labute approximate surface area is 189 Å². The van der Waals surface area contributed by atoms with Crippen molar-refractivity contribution >= 4 is 11.8 Å². The SMILES string of the molecule is COc1cc(C(=O)N2CCC(NC(=O)c3ccc(C(C)C)cc3)CC2)cc(OC)c1OC. The number of ether oxygens (including phenoxy) is 3. The molecule has 0 aromatic heterocycles. The van der Waals surface area contributed by atoms with Gasteiger partial charge in [0, 0.05) is 30.3 Å². The largest absolute Gasteiger partial charge is 0.493 e. The Morgan fingerprint density at radius 3 is 1.94 bits per heavy atom. The first-order chi connectivity index (χ1) is 15.4. The molecule has 172 valence electrons. The second-order valence-corrected chi connectivity index (χ2v) is 8.23. The van der Waals surface area contributed by atoms with Gasteiger partial charge in [-0.05, 0) is 48.6 Å². The molecule has 1 aliphatic rings. The van der Waals surface area contributed by atoms with E-state index in [4.69, 9.17) is 14.2 Å². The molecule has 2 aromatic rings. The fourth-order valence-electron chi connectivity index (χ4n) is 3.90. The van der Waals surface area contributed by atoms with E-state index in [0.29, 0.717) is 60.2 Å². The molecule has 0 bridgehead atoms. The van der Waals surface area contributed by atoms with Crippen LogP contribution in [0, 0.1) is 0 Å². The van der Waals surface area contributed by atoms with Gasteiger partial charge in [0.25, 0.3) is 11.8 Å². The Bertz CT molecular complexity index is 922. The molecule has 1 aliphatic heterocycles. The molecule has 0 aliphatic carbocycles. The van der Waals surface area contributed by atoms with Gasteiger partial charge in [-0.3, -0.25) is 9.59 Å². The molecule has 2 amide bonds. The Morgan fingerprint density at radius 1 is 0.906 bits per heavy atom. The number of amides is 2. The number of nitrogens with one attached hydrogen (secondary N) is 1. The molecule has 7 nitrogen and oxygen atoms in total. The summed E-state index contributed by atoms with van der Waals surface area (Å²) in [6.45, 7) is 5.38. The van der Waals surface area contributed by atoms with Crippen molar-refractivity contribution in [3.05, 3.63) is 53.1 Å². The topological polar surface area (TPSA) is 77.1 Å². The van der Waals surface area contributed by atoms with E-state index in [1.165, 1.54) is 26.9 Å². The summed E-state index contributed by atoms with van der Waals surface area (Å²) in [5, 5.41) is 3.10. The quantitative estimate of drug-likeness (QED) is 0.707. The van der Waals surface area contributed by atoms with Crippen LogP contribution in [0.2, 0.25) is 0 Å². The zero-order valence-electron chi connectivity index (χ0n) is 19.4. The molecule has 0 saturated carbocycles. The summed E-state index contributed by atoms with van der Waals surface area (Å²) in [4.78, 5) is 27.5. The minimum Gasteiger partial charge on any atom is -0.493 e. The van der Waals surface area contributed by atoms with E-state index in [2.05, 4.69) is 19.2 Å². The van der Waals surface area contributed by atoms with Crippen LogP contribution in [0.25, 0.3) is 0 Å². The maximum Gasteiger partial charge on any atom is 0.254 e. The second kappa shape index (κ2) is 10.4. The number of nitrogens with zero attached hydrogens (tertiary/aromatic N) is 1. The number of hydrogen-bond acceptors (Lipinski definition) is 5. The highest BCUT2D eigenvalue weighted by Crippen LogP contribution is 2.38. The van der Waals surface area contributed by atoms with Crippen LogP contribution in [0.1, 0.15) is 58.9 Å². The van der Waals surface area contributed by atoms with Gasteiger partial charge in [0.1, 0.15) is 0 Å². The van der Waals surface area contributed by atoms with Crippen molar-refractivity contribution in [2.75, 3.05) is 34.4 Å². The molecular weight excluding hydrogens is 408 g/mol. The Hall–Kier alpha value is -3.22. The van der Waals surface area contributed by atoms with Crippen LogP contribution in [0.5, 0.6) is 17.2 Å². The number of carbonyl (C=O) groups excluding carboxylic acids is 2. The van der Waals surface area contributed by atoms with Crippen LogP contribution in [-0.4, -0.2) is 57.2 Å². The van der Waals surface area contributed by atoms with Crippen molar-refractivity contribution in [3.63, 3.8) is 0 Å². The minimum absolute atomic E-state index is 0.0382. The monoisotopic (exact) mass is 440 g/mol. The van der Waals surface area contributed by atoms with Gasteiger partial charge in [0.2, 0.25) is 5.75 Å². The first kappa shape index (κ1) is 23.4. The fraction of sp³-hybridized carbons (Fsp3) is 0.440. The average Bonchev–Trinajstić information content (AvgIpc) is 2.83. The third-order valence-corrected chi connectivity index (χ3v) is 5.87. The van der Waals surface area contributed by atoms with Gasteiger partial charge < -0.3 is 24.4 Å². The standard InChI is InChI=1S/C25H32N2O5/c1-16(2)17-6-8-18(9-7-17)24(28)26-20-10-12-27(13-11-20)25(29)19-14-21(30-3)23(32-5)22(15-19)31-4/h6-9,14-16,20H,10-13H2,1-5H3,(H,26,28). The summed E-state index contributed by atoms with van der Waals surface area (Å²) >= 11 is 0. The van der Waals surface area contributed by atoms with Gasteiger partial charge in [0.05, 0.1) is 21.3 Å². The van der Waals surface area contributed by atoms with Crippen LogP contribution in [0.15, 0.2) is 36.4 Å². The van der Waals surface area contributed by atoms with E-state index in [9.17, 15) is 9.59 Å². The van der Waals surface area contributed by atoms with E-state index >= 15 is 0 Å². The Morgan fingerprint density at radius 2 is 1.47 bits per heavy atom. The van der Waals surface area contributed by atoms with E-state index < -0.39 is 0 Å². The summed E-state index contributed by atoms with van der Waals surface area (Å²) in [6.07, 6.45) is 1.40. The first-order valence-corrected chi connectivity index (χ1v) is 10.9. The minimum atomic E-state index is -0.0988. The van der Waals surface area contributed by atoms with Crippen molar-refractivity contribution in [2.24, 2.45) is 0 Å². The summed E-state index contributed by atoms with van der Waals surface area (Å²) in [6, 6.07) is 11.1. The van der Waals surface area contributed by atoms with Crippen molar-refractivity contribution < 1.29 is 23.8 Å². The molecule has 3 rings (SSSR count). The molecule has 32 heavy (non-hydrogen) atoms. The molecule has 0 spiro atoms. The number of piperidine rings is 1. The fourth-order valence-corrected chi connectivity index (χ4v) is 3.90. The predicted molar refractivity (Wildman–Crippen MR) is 123 cm³/mol. The first-order valence-electron chi connectivity index (χ1n) is 10.9. The molecule has 1 saturated heterocycles. The third kappa shape index (κ3) is 5.15. The van der Waals surface area contributed by atoms with Crippen molar-refractivity contribution in [1.29, 1.82) is 0 Å². The molecule has 0 unspecified atom stereocenters. The Kier molecular flexibility index (Phi) is 7.62. The highest BCUT2D eigenvalue weighted by molar-refractivity contribution is 5.96. The number of rotatable bonds is 7. The molecule has 1 N–H and O–H groups in total. The number of hydrogen-bond donors (Lipinski definition) is 1. The predicted octanol–water partition coefficient (Wildman–Crippen LogP) is 3.87. The number of likely N-dealkylation sites (tertiary alicyclic amines) is 1. The van der Waals surface area contributed by atoms with Gasteiger partial charge in [-0.2, -0.15) is 0 Å². The van der Waals surface area contributed by atoms with E-state index in [0.717, 1.165) is 0 Å². The summed E-state index contributed by atoms with van der Waals surface area (Å²) in [7, 11) is 4.58. The molecule has 2 aromatic carbocycles. The second-order valence-electron chi connectivity index (χ2n) is 8.23. The van der Waals surface area contributed by atoms with E-state index in [-0.39, 0.29) is 17.9 Å². The van der Waals surface area contributed by atoms with Crippen LogP contribution >= 0.6 is 0 Å². The van der Waals surface area contributed by atoms with Gasteiger partial charge in [0.15, 0.2) is 11.5 Å². The lowest BCUT2D eigenvalue weighted by atomic mass is 10.0. The van der Waals surface area contributed by atoms with Crippen LogP contribution < -0.4 is 19.5 Å². The smallest absolute Gasteiger partial charge is 0.254 e. The zero-order chi connectivity index (χ0) is 23.3. The van der Waals surface area contributed by atoms with Crippen LogP contribution in [-0.2, 0) is 0 Å². The average molecular weight is 441 g/mol. The van der Waals surface area contributed by atoms with Gasteiger partial charge in [-0.25, -0.2) is 0 Å². The van der Waals surface area contributed by atoms with Crippen LogP contribution in [0.4, 0.5) is 0 Å². The number of carbonyl (C=O) groups is 2. The normalized spacial score (nSPS) is 14.2.